The number of rotatable bonds is 3. The van der Waals surface area contributed by atoms with E-state index in [9.17, 15) is 13.2 Å². The minimum atomic E-state index is -3.48. The number of ether oxygens (including phenoxy) is 1. The maximum absolute atomic E-state index is 12.6. The van der Waals surface area contributed by atoms with Crippen molar-refractivity contribution in [2.24, 2.45) is 0 Å². The first-order valence-electron chi connectivity index (χ1n) is 6.44. The molecule has 1 N–H and O–H groups in total. The van der Waals surface area contributed by atoms with Gasteiger partial charge in [0.2, 0.25) is 10.0 Å². The van der Waals surface area contributed by atoms with Gasteiger partial charge in [-0.1, -0.05) is 11.6 Å². The number of hydrogen-bond acceptors (Lipinski definition) is 4. The molecule has 0 unspecified atom stereocenters. The monoisotopic (exact) mass is 332 g/mol. The van der Waals surface area contributed by atoms with Gasteiger partial charge >= 0.3 is 0 Å². The molecule has 1 heterocycles. The molecule has 1 amide bonds. The fourth-order valence-electron chi connectivity index (χ4n) is 2.16. The predicted octanol–water partition coefficient (Wildman–Crippen LogP) is 1.57. The zero-order chi connectivity index (χ0) is 15.6. The highest BCUT2D eigenvalue weighted by Crippen LogP contribution is 2.24. The first-order valence-corrected chi connectivity index (χ1v) is 8.71. The summed E-state index contributed by atoms with van der Waals surface area (Å²) in [6.07, 6.45) is 0.986. The van der Waals surface area contributed by atoms with E-state index in [1.165, 1.54) is 18.2 Å². The summed E-state index contributed by atoms with van der Waals surface area (Å²) in [6.45, 7) is 3.27. The van der Waals surface area contributed by atoms with E-state index in [1.807, 2.05) is 6.92 Å². The van der Waals surface area contributed by atoms with Crippen LogP contribution >= 0.6 is 11.6 Å². The van der Waals surface area contributed by atoms with Gasteiger partial charge in [0.05, 0.1) is 30.2 Å². The molecule has 0 radical (unpaired) electrons. The molecule has 0 spiro atoms. The van der Waals surface area contributed by atoms with E-state index in [0.717, 1.165) is 6.26 Å². The quantitative estimate of drug-likeness (QED) is 0.911. The molecule has 8 heteroatoms. The number of morpholine rings is 1. The van der Waals surface area contributed by atoms with Crippen LogP contribution in [0, 0.1) is 0 Å². The van der Waals surface area contributed by atoms with Gasteiger partial charge in [0.15, 0.2) is 0 Å². The number of hydrogen-bond donors (Lipinski definition) is 1. The Morgan fingerprint density at radius 1 is 1.48 bits per heavy atom. The van der Waals surface area contributed by atoms with Crippen molar-refractivity contribution in [2.45, 2.75) is 13.0 Å². The minimum absolute atomic E-state index is 0.0480. The number of carbonyl (C=O) groups excluding carboxylic acids is 1. The molecule has 21 heavy (non-hydrogen) atoms. The zero-order valence-electron chi connectivity index (χ0n) is 11.8. The Labute approximate surface area is 129 Å². The van der Waals surface area contributed by atoms with Crippen LogP contribution in [0.2, 0.25) is 5.02 Å². The van der Waals surface area contributed by atoms with Crippen molar-refractivity contribution in [3.8, 4) is 0 Å². The Hall–Kier alpha value is -1.31. The van der Waals surface area contributed by atoms with Gasteiger partial charge in [0.25, 0.3) is 5.91 Å². The highest BCUT2D eigenvalue weighted by Gasteiger charge is 2.25. The Morgan fingerprint density at radius 3 is 2.81 bits per heavy atom. The number of benzene rings is 1. The maximum Gasteiger partial charge on any atom is 0.256 e. The number of nitrogens with zero attached hydrogens (tertiary/aromatic N) is 1. The molecular formula is C13H17ClN2O4S. The molecule has 0 aromatic heterocycles. The van der Waals surface area contributed by atoms with Gasteiger partial charge in [-0.3, -0.25) is 9.52 Å². The third kappa shape index (κ3) is 4.33. The molecule has 2 rings (SSSR count). The molecule has 1 aliphatic heterocycles. The Kier molecular flexibility index (Phi) is 4.75. The minimum Gasteiger partial charge on any atom is -0.375 e. The van der Waals surface area contributed by atoms with E-state index in [-0.39, 0.29) is 23.3 Å². The second kappa shape index (κ2) is 6.21. The molecule has 1 atom stereocenters. The zero-order valence-corrected chi connectivity index (χ0v) is 13.4. The van der Waals surface area contributed by atoms with E-state index in [2.05, 4.69) is 4.72 Å². The fourth-order valence-corrected chi connectivity index (χ4v) is 2.90. The number of nitrogens with one attached hydrogen (secondary N) is 1. The van der Waals surface area contributed by atoms with Gasteiger partial charge in [-0.05, 0) is 25.1 Å². The molecule has 0 saturated carbocycles. The predicted molar refractivity (Wildman–Crippen MR) is 81.2 cm³/mol. The number of carbonyl (C=O) groups is 1. The summed E-state index contributed by atoms with van der Waals surface area (Å²) in [5.41, 5.74) is 0.466. The second-order valence-corrected chi connectivity index (χ2v) is 7.18. The van der Waals surface area contributed by atoms with E-state index in [1.54, 1.807) is 4.90 Å². The van der Waals surface area contributed by atoms with Gasteiger partial charge in [0.1, 0.15) is 0 Å². The summed E-state index contributed by atoms with van der Waals surface area (Å²) in [4.78, 5) is 14.2. The molecule has 116 valence electrons. The summed E-state index contributed by atoms with van der Waals surface area (Å²) in [7, 11) is -3.48. The van der Waals surface area contributed by atoms with E-state index < -0.39 is 10.0 Å². The van der Waals surface area contributed by atoms with Crippen molar-refractivity contribution in [3.63, 3.8) is 0 Å². The van der Waals surface area contributed by atoms with Gasteiger partial charge in [-0.15, -0.1) is 0 Å². The SMILES string of the molecule is C[C@H]1CN(C(=O)c2cc(Cl)ccc2NS(C)(=O)=O)CCO1. The molecule has 1 fully saturated rings. The van der Waals surface area contributed by atoms with Crippen LogP contribution in [0.25, 0.3) is 0 Å². The molecule has 1 aliphatic rings. The van der Waals surface area contributed by atoms with Crippen LogP contribution in [-0.4, -0.2) is 51.3 Å². The summed E-state index contributed by atoms with van der Waals surface area (Å²) >= 11 is 5.93. The van der Waals surface area contributed by atoms with Crippen molar-refractivity contribution >= 4 is 33.2 Å². The number of amides is 1. The Morgan fingerprint density at radius 2 is 2.19 bits per heavy atom. The highest BCUT2D eigenvalue weighted by molar-refractivity contribution is 7.92. The van der Waals surface area contributed by atoms with Crippen LogP contribution < -0.4 is 4.72 Å². The summed E-state index contributed by atoms with van der Waals surface area (Å²) in [6, 6.07) is 4.49. The standard InChI is InChI=1S/C13H17ClN2O4S/c1-9-8-16(5-6-20-9)13(17)11-7-10(14)3-4-12(11)15-21(2,18)19/h3-4,7,9,15H,5-6,8H2,1-2H3/t9-/m0/s1. The molecular weight excluding hydrogens is 316 g/mol. The lowest BCUT2D eigenvalue weighted by atomic mass is 10.1. The molecule has 0 aliphatic carbocycles. The maximum atomic E-state index is 12.6. The van der Waals surface area contributed by atoms with Crippen LogP contribution in [0.5, 0.6) is 0 Å². The van der Waals surface area contributed by atoms with E-state index in [4.69, 9.17) is 16.3 Å². The third-order valence-corrected chi connectivity index (χ3v) is 3.86. The van der Waals surface area contributed by atoms with Crippen molar-refractivity contribution in [1.82, 2.24) is 4.90 Å². The van der Waals surface area contributed by atoms with E-state index >= 15 is 0 Å². The number of halogens is 1. The lowest BCUT2D eigenvalue weighted by Gasteiger charge is -2.31. The molecule has 1 aromatic carbocycles. The lowest BCUT2D eigenvalue weighted by molar-refractivity contribution is -0.0123. The van der Waals surface area contributed by atoms with Crippen LogP contribution in [0.3, 0.4) is 0 Å². The number of sulfonamides is 1. The van der Waals surface area contributed by atoms with Crippen molar-refractivity contribution < 1.29 is 17.9 Å². The molecule has 1 aromatic rings. The normalized spacial score (nSPS) is 19.4. The smallest absolute Gasteiger partial charge is 0.256 e. The molecule has 1 saturated heterocycles. The highest BCUT2D eigenvalue weighted by atomic mass is 35.5. The van der Waals surface area contributed by atoms with Gasteiger partial charge < -0.3 is 9.64 Å². The van der Waals surface area contributed by atoms with Crippen LogP contribution in [0.1, 0.15) is 17.3 Å². The first kappa shape index (κ1) is 16.1. The molecule has 0 bridgehead atoms. The summed E-state index contributed by atoms with van der Waals surface area (Å²) < 4.78 is 30.5. The van der Waals surface area contributed by atoms with E-state index in [0.29, 0.717) is 24.7 Å². The van der Waals surface area contributed by atoms with Gasteiger partial charge in [0, 0.05) is 18.1 Å². The summed E-state index contributed by atoms with van der Waals surface area (Å²) in [5, 5.41) is 0.374. The second-order valence-electron chi connectivity index (χ2n) is 5.00. The van der Waals surface area contributed by atoms with Crippen molar-refractivity contribution in [3.05, 3.63) is 28.8 Å². The Balaban J connectivity index is 2.32. The van der Waals surface area contributed by atoms with Crippen molar-refractivity contribution in [1.29, 1.82) is 0 Å². The van der Waals surface area contributed by atoms with Crippen molar-refractivity contribution in [2.75, 3.05) is 30.7 Å². The largest absolute Gasteiger partial charge is 0.375 e. The first-order chi connectivity index (χ1) is 9.76. The molecule has 6 nitrogen and oxygen atoms in total. The third-order valence-electron chi connectivity index (χ3n) is 3.04. The number of anilines is 1. The summed E-state index contributed by atoms with van der Waals surface area (Å²) in [5.74, 6) is -0.265. The van der Waals surface area contributed by atoms with Gasteiger partial charge in [-0.25, -0.2) is 8.42 Å². The van der Waals surface area contributed by atoms with Gasteiger partial charge in [-0.2, -0.15) is 0 Å². The van der Waals surface area contributed by atoms with Crippen LogP contribution in [0.15, 0.2) is 18.2 Å². The van der Waals surface area contributed by atoms with Crippen LogP contribution in [-0.2, 0) is 14.8 Å². The fraction of sp³-hybridized carbons (Fsp3) is 0.462. The lowest BCUT2D eigenvalue weighted by Crippen LogP contribution is -2.44. The average Bonchev–Trinajstić information content (AvgIpc) is 2.38. The average molecular weight is 333 g/mol. The van der Waals surface area contributed by atoms with Crippen LogP contribution in [0.4, 0.5) is 5.69 Å². The Bertz CT molecular complexity index is 648. The topological polar surface area (TPSA) is 75.7 Å².